The number of rotatable bonds is 5. The Morgan fingerprint density at radius 2 is 1.93 bits per heavy atom. The molecule has 0 aliphatic rings. The molecule has 0 aromatic carbocycles. The number of likely N-dealkylation sites (N-methyl/N-ethyl adjacent to an activating group) is 1. The third-order valence-electron chi connectivity index (χ3n) is 1.84. The fraction of sp³-hybridized carbons (Fsp3) is 0.909. The average Bonchev–Trinajstić information content (AvgIpc) is 2.01. The van der Waals surface area contributed by atoms with Crippen LogP contribution >= 0.6 is 0 Å². The zero-order valence-corrected chi connectivity index (χ0v) is 10.0. The lowest BCUT2D eigenvalue weighted by Gasteiger charge is -2.24. The Labute approximate surface area is 87.2 Å². The molecule has 0 aliphatic heterocycles. The summed E-state index contributed by atoms with van der Waals surface area (Å²) in [5.41, 5.74) is 0.138. The maximum absolute atomic E-state index is 11.5. The molecule has 1 unspecified atom stereocenters. The Balaban J connectivity index is 4.21. The number of esters is 1. The van der Waals surface area contributed by atoms with Crippen molar-refractivity contribution in [3.05, 3.63) is 0 Å². The lowest BCUT2D eigenvalue weighted by Crippen LogP contribution is -2.40. The van der Waals surface area contributed by atoms with Crippen molar-refractivity contribution in [2.24, 2.45) is 5.41 Å². The van der Waals surface area contributed by atoms with E-state index in [1.807, 2.05) is 13.8 Å². The van der Waals surface area contributed by atoms with Crippen molar-refractivity contribution in [1.29, 1.82) is 0 Å². The fourth-order valence-electron chi connectivity index (χ4n) is 1.34. The molecule has 0 saturated heterocycles. The molecule has 0 heterocycles. The van der Waals surface area contributed by atoms with Gasteiger partial charge < -0.3 is 10.1 Å². The van der Waals surface area contributed by atoms with Crippen LogP contribution in [0.1, 0.15) is 41.0 Å². The summed E-state index contributed by atoms with van der Waals surface area (Å²) in [4.78, 5) is 11.5. The molecule has 3 nitrogen and oxygen atoms in total. The molecule has 0 fully saturated rings. The van der Waals surface area contributed by atoms with Crippen LogP contribution in [0.15, 0.2) is 0 Å². The van der Waals surface area contributed by atoms with E-state index in [0.717, 1.165) is 13.0 Å². The molecule has 0 rings (SSSR count). The highest BCUT2D eigenvalue weighted by Gasteiger charge is 2.24. The van der Waals surface area contributed by atoms with Gasteiger partial charge in [0.1, 0.15) is 6.04 Å². The molecule has 0 bridgehead atoms. The third-order valence-corrected chi connectivity index (χ3v) is 1.84. The molecule has 0 radical (unpaired) electrons. The molecule has 14 heavy (non-hydrogen) atoms. The molecule has 0 saturated carbocycles. The van der Waals surface area contributed by atoms with Crippen molar-refractivity contribution in [3.8, 4) is 0 Å². The van der Waals surface area contributed by atoms with E-state index in [9.17, 15) is 4.79 Å². The van der Waals surface area contributed by atoms with E-state index in [2.05, 4.69) is 26.1 Å². The van der Waals surface area contributed by atoms with Crippen molar-refractivity contribution in [2.75, 3.05) is 13.2 Å². The van der Waals surface area contributed by atoms with Gasteiger partial charge in [-0.25, -0.2) is 0 Å². The zero-order chi connectivity index (χ0) is 11.2. The highest BCUT2D eigenvalue weighted by atomic mass is 16.5. The van der Waals surface area contributed by atoms with Crippen molar-refractivity contribution in [1.82, 2.24) is 5.32 Å². The summed E-state index contributed by atoms with van der Waals surface area (Å²) in [5.74, 6) is -0.135. The second-order valence-corrected chi connectivity index (χ2v) is 4.63. The fourth-order valence-corrected chi connectivity index (χ4v) is 1.34. The minimum Gasteiger partial charge on any atom is -0.465 e. The highest BCUT2D eigenvalue weighted by Crippen LogP contribution is 2.21. The van der Waals surface area contributed by atoms with E-state index in [0.29, 0.717) is 6.61 Å². The topological polar surface area (TPSA) is 38.3 Å². The Morgan fingerprint density at radius 1 is 1.36 bits per heavy atom. The summed E-state index contributed by atoms with van der Waals surface area (Å²) in [7, 11) is 0. The van der Waals surface area contributed by atoms with E-state index in [1.54, 1.807) is 0 Å². The van der Waals surface area contributed by atoms with Crippen molar-refractivity contribution in [2.45, 2.75) is 47.1 Å². The minimum atomic E-state index is -0.167. The van der Waals surface area contributed by atoms with Gasteiger partial charge in [-0.3, -0.25) is 4.79 Å². The van der Waals surface area contributed by atoms with Gasteiger partial charge in [-0.15, -0.1) is 0 Å². The van der Waals surface area contributed by atoms with Crippen LogP contribution in [0.5, 0.6) is 0 Å². The third kappa shape index (κ3) is 5.97. The van der Waals surface area contributed by atoms with Crippen LogP contribution in [-0.4, -0.2) is 25.2 Å². The van der Waals surface area contributed by atoms with E-state index in [1.165, 1.54) is 0 Å². The number of hydrogen-bond donors (Lipinski definition) is 1. The number of nitrogens with one attached hydrogen (secondary N) is 1. The summed E-state index contributed by atoms with van der Waals surface area (Å²) in [5, 5.41) is 3.15. The van der Waals surface area contributed by atoms with Gasteiger partial charge in [0.05, 0.1) is 6.61 Å². The zero-order valence-electron chi connectivity index (χ0n) is 10.0. The first-order valence-corrected chi connectivity index (χ1v) is 5.30. The minimum absolute atomic E-state index is 0.135. The summed E-state index contributed by atoms with van der Waals surface area (Å²) in [6, 6.07) is -0.167. The lowest BCUT2D eigenvalue weighted by molar-refractivity contribution is -0.146. The summed E-state index contributed by atoms with van der Waals surface area (Å²) >= 11 is 0. The Bertz CT molecular complexity index is 173. The smallest absolute Gasteiger partial charge is 0.323 e. The standard InChI is InChI=1S/C11H23NO2/c1-6-12-9(8-11(3,4)5)10(13)14-7-2/h9,12H,6-8H2,1-5H3. The van der Waals surface area contributed by atoms with Crippen LogP contribution in [0.4, 0.5) is 0 Å². The molecule has 0 spiro atoms. The summed E-state index contributed by atoms with van der Waals surface area (Å²) < 4.78 is 5.00. The Morgan fingerprint density at radius 3 is 2.29 bits per heavy atom. The monoisotopic (exact) mass is 201 g/mol. The van der Waals surface area contributed by atoms with Crippen LogP contribution in [0.3, 0.4) is 0 Å². The molecule has 0 aliphatic carbocycles. The van der Waals surface area contributed by atoms with Crippen LogP contribution in [0.2, 0.25) is 0 Å². The Kier molecular flexibility index (Phi) is 5.77. The van der Waals surface area contributed by atoms with Crippen molar-refractivity contribution >= 4 is 5.97 Å². The van der Waals surface area contributed by atoms with Gasteiger partial charge in [0.15, 0.2) is 0 Å². The molecule has 3 heteroatoms. The predicted molar refractivity (Wildman–Crippen MR) is 58.2 cm³/mol. The number of carbonyl (C=O) groups is 1. The largest absolute Gasteiger partial charge is 0.465 e. The molecule has 0 amide bonds. The maximum atomic E-state index is 11.5. The first-order valence-electron chi connectivity index (χ1n) is 5.30. The molecular formula is C11H23NO2. The molecule has 1 atom stereocenters. The molecule has 84 valence electrons. The summed E-state index contributed by atoms with van der Waals surface area (Å²) in [6.45, 7) is 11.4. The second kappa shape index (κ2) is 6.02. The van der Waals surface area contributed by atoms with E-state index < -0.39 is 0 Å². The van der Waals surface area contributed by atoms with E-state index >= 15 is 0 Å². The van der Waals surface area contributed by atoms with Gasteiger partial charge in [0, 0.05) is 0 Å². The number of carbonyl (C=O) groups excluding carboxylic acids is 1. The first-order chi connectivity index (χ1) is 6.40. The molecule has 1 N–H and O–H groups in total. The van der Waals surface area contributed by atoms with Crippen LogP contribution in [0.25, 0.3) is 0 Å². The quantitative estimate of drug-likeness (QED) is 0.691. The van der Waals surface area contributed by atoms with Gasteiger partial charge in [0.2, 0.25) is 0 Å². The van der Waals surface area contributed by atoms with Gasteiger partial charge in [0.25, 0.3) is 0 Å². The molecule has 0 aromatic heterocycles. The lowest BCUT2D eigenvalue weighted by atomic mass is 9.88. The van der Waals surface area contributed by atoms with Crippen molar-refractivity contribution in [3.63, 3.8) is 0 Å². The normalized spacial score (nSPS) is 13.8. The van der Waals surface area contributed by atoms with Gasteiger partial charge in [-0.1, -0.05) is 27.7 Å². The first kappa shape index (κ1) is 13.4. The average molecular weight is 201 g/mol. The van der Waals surface area contributed by atoms with Crippen LogP contribution in [-0.2, 0) is 9.53 Å². The van der Waals surface area contributed by atoms with Crippen LogP contribution < -0.4 is 5.32 Å². The van der Waals surface area contributed by atoms with E-state index in [4.69, 9.17) is 4.74 Å². The van der Waals surface area contributed by atoms with E-state index in [-0.39, 0.29) is 17.4 Å². The van der Waals surface area contributed by atoms with Gasteiger partial charge in [-0.05, 0) is 25.3 Å². The summed E-state index contributed by atoms with van der Waals surface area (Å²) in [6.07, 6.45) is 0.805. The van der Waals surface area contributed by atoms with Crippen LogP contribution in [0, 0.1) is 5.41 Å². The second-order valence-electron chi connectivity index (χ2n) is 4.63. The van der Waals surface area contributed by atoms with Crippen molar-refractivity contribution < 1.29 is 9.53 Å². The highest BCUT2D eigenvalue weighted by molar-refractivity contribution is 5.75. The van der Waals surface area contributed by atoms with Gasteiger partial charge in [-0.2, -0.15) is 0 Å². The number of hydrogen-bond acceptors (Lipinski definition) is 3. The maximum Gasteiger partial charge on any atom is 0.323 e. The van der Waals surface area contributed by atoms with Gasteiger partial charge >= 0.3 is 5.97 Å². The number of ether oxygens (including phenoxy) is 1. The molecular weight excluding hydrogens is 178 g/mol. The molecule has 0 aromatic rings. The SMILES string of the molecule is CCNC(CC(C)(C)C)C(=O)OCC. The predicted octanol–water partition coefficient (Wildman–Crippen LogP) is 1.96. The Hall–Kier alpha value is -0.570.